The lowest BCUT2D eigenvalue weighted by atomic mass is 9.86. The predicted molar refractivity (Wildman–Crippen MR) is 233 cm³/mol. The van der Waals surface area contributed by atoms with Crippen LogP contribution in [0.4, 0.5) is 0 Å². The molecule has 0 aliphatic heterocycles. The molecular formula is C22H10Cl27O. The molecule has 0 aromatic heterocycles. The van der Waals surface area contributed by atoms with Crippen molar-refractivity contribution in [2.75, 3.05) is 6.61 Å². The zero-order chi connectivity index (χ0) is 40.6. The predicted octanol–water partition coefficient (Wildman–Crippen LogP) is 18.5. The molecular weight excluding hydrogens is 1240 g/mol. The Balaban J connectivity index is 4.79. The van der Waals surface area contributed by atoms with Crippen molar-refractivity contribution >= 4 is 313 Å². The Morgan fingerprint density at radius 2 is 0.620 bits per heavy atom. The summed E-state index contributed by atoms with van der Waals surface area (Å²) in [5.74, 6) is 0. The van der Waals surface area contributed by atoms with Gasteiger partial charge in [-0.25, -0.2) is 5.11 Å². The SMILES string of the molecule is [O]CCCCc1c(C(Cl)(Cl)C(Cl)(Cl)C(Cl)(Cl)C(Cl)(Cl)Cl)cc(C(Cl)(Cl)C(Cl)(Cl)C(Cl)(Cl)C(Cl)(Cl)Cl)cc1C(Cl)(Cl)C(Cl)(Cl)C(Cl)(Cl)C(Cl)(Cl)Cl. The molecule has 1 radical (unpaired) electrons. The van der Waals surface area contributed by atoms with Gasteiger partial charge >= 0.3 is 0 Å². The number of hydrogen-bond donors (Lipinski definition) is 0. The normalized spacial score (nSPS) is 15.9. The van der Waals surface area contributed by atoms with Crippen LogP contribution in [-0.4, -0.2) is 44.0 Å². The molecule has 50 heavy (non-hydrogen) atoms. The quantitative estimate of drug-likeness (QED) is 0.139. The van der Waals surface area contributed by atoms with Crippen LogP contribution in [0, 0.1) is 0 Å². The molecule has 0 spiro atoms. The smallest absolute Gasteiger partial charge is 0.226 e. The van der Waals surface area contributed by atoms with E-state index in [1.54, 1.807) is 0 Å². The molecule has 0 saturated carbocycles. The van der Waals surface area contributed by atoms with Gasteiger partial charge in [0.2, 0.25) is 24.4 Å². The highest BCUT2D eigenvalue weighted by Crippen LogP contribution is 2.70. The molecule has 0 amide bonds. The minimum Gasteiger partial charge on any atom is -0.237 e. The van der Waals surface area contributed by atoms with Crippen LogP contribution in [0.2, 0.25) is 0 Å². The van der Waals surface area contributed by atoms with Crippen molar-refractivity contribution in [2.45, 2.75) is 69.6 Å². The van der Waals surface area contributed by atoms with Crippen molar-refractivity contribution in [2.24, 2.45) is 0 Å². The molecule has 28 heteroatoms. The first kappa shape index (κ1) is 55.0. The third-order valence-corrected chi connectivity index (χ3v) is 22.9. The summed E-state index contributed by atoms with van der Waals surface area (Å²) in [7, 11) is 0. The lowest BCUT2D eigenvalue weighted by Crippen LogP contribution is -2.57. The van der Waals surface area contributed by atoms with Crippen LogP contribution < -0.4 is 0 Å². The maximum Gasteiger partial charge on any atom is 0.226 e. The maximum atomic E-state index is 11.5. The molecule has 1 rings (SSSR count). The maximum absolute atomic E-state index is 11.5. The summed E-state index contributed by atoms with van der Waals surface area (Å²) < 4.78 is -34.4. The molecule has 293 valence electrons. The van der Waals surface area contributed by atoms with E-state index in [1.165, 1.54) is 0 Å². The van der Waals surface area contributed by atoms with Gasteiger partial charge in [-0.15, -0.1) is 0 Å². The van der Waals surface area contributed by atoms with Crippen molar-refractivity contribution < 1.29 is 5.11 Å². The van der Waals surface area contributed by atoms with Gasteiger partial charge in [0.15, 0.2) is 26.0 Å². The van der Waals surface area contributed by atoms with Crippen molar-refractivity contribution in [3.63, 3.8) is 0 Å². The Kier molecular flexibility index (Phi) is 19.8. The monoisotopic (exact) mass is 1230 g/mol. The first-order chi connectivity index (χ1) is 21.5. The fourth-order valence-electron chi connectivity index (χ4n) is 3.73. The van der Waals surface area contributed by atoms with Crippen LogP contribution in [0.1, 0.15) is 35.1 Å². The summed E-state index contributed by atoms with van der Waals surface area (Å²) in [6.45, 7) is -0.579. The van der Waals surface area contributed by atoms with Gasteiger partial charge in [-0.3, -0.25) is 0 Å². The largest absolute Gasteiger partial charge is 0.237 e. The Morgan fingerprint density at radius 3 is 0.860 bits per heavy atom. The summed E-state index contributed by atoms with van der Waals surface area (Å²) in [6, 6.07) is 1.91. The molecule has 0 fully saturated rings. The van der Waals surface area contributed by atoms with E-state index in [4.69, 9.17) is 313 Å². The molecule has 1 nitrogen and oxygen atoms in total. The van der Waals surface area contributed by atoms with Crippen LogP contribution in [-0.2, 0) is 24.5 Å². The van der Waals surface area contributed by atoms with Gasteiger partial charge in [-0.1, -0.05) is 313 Å². The summed E-state index contributed by atoms with van der Waals surface area (Å²) in [5.41, 5.74) is -1.83. The van der Waals surface area contributed by atoms with Gasteiger partial charge in [0.05, 0.1) is 6.61 Å². The van der Waals surface area contributed by atoms with Crippen molar-refractivity contribution in [3.05, 3.63) is 34.4 Å². The van der Waals surface area contributed by atoms with Crippen LogP contribution in [0.5, 0.6) is 0 Å². The number of hydrogen-bond acceptors (Lipinski definition) is 0. The van der Waals surface area contributed by atoms with Gasteiger partial charge < -0.3 is 0 Å². The molecule has 0 aliphatic rings. The van der Waals surface area contributed by atoms with Crippen LogP contribution in [0.3, 0.4) is 0 Å². The van der Waals surface area contributed by atoms with Gasteiger partial charge in [-0.05, 0) is 53.6 Å². The standard InChI is InChI=1S/C22H10Cl27O/c23-11(24,14(29,30)17(35,36)20(41,42)43)7-5-9(12(25,26)15(31,32)18(37,38)21(44,45)46)8(3-1-2-4-50)10(6-7)13(27,28)16(33,34)19(39,40)22(47,48)49/h5-6H,1-4H2. The molecule has 0 atom stereocenters. The molecule has 0 saturated heterocycles. The lowest BCUT2D eigenvalue weighted by Gasteiger charge is -2.48. The fourth-order valence-corrected chi connectivity index (χ4v) is 10.5. The second-order valence-corrected chi connectivity index (χ2v) is 28.7. The number of unbranched alkanes of at least 4 members (excludes halogenated alkanes) is 1. The Morgan fingerprint density at radius 1 is 0.360 bits per heavy atom. The highest BCUT2D eigenvalue weighted by molar-refractivity contribution is 6.82. The fraction of sp³-hybridized carbons (Fsp3) is 0.727. The first-order valence-electron chi connectivity index (χ1n) is 11.9. The number of halogens is 27. The number of rotatable bonds is 13. The van der Waals surface area contributed by atoms with Gasteiger partial charge in [0.1, 0.15) is 0 Å². The molecule has 0 bridgehead atoms. The second kappa shape index (κ2) is 18.0. The van der Waals surface area contributed by atoms with Gasteiger partial charge in [0.25, 0.3) is 0 Å². The molecule has 1 aromatic carbocycles. The first-order valence-corrected chi connectivity index (χ1v) is 22.1. The zero-order valence-corrected chi connectivity index (χ0v) is 43.0. The minimum atomic E-state index is -2.98. The highest BCUT2D eigenvalue weighted by Gasteiger charge is 2.73. The highest BCUT2D eigenvalue weighted by atomic mass is 35.6. The van der Waals surface area contributed by atoms with E-state index in [-0.39, 0.29) is 24.8 Å². The summed E-state index contributed by atoms with van der Waals surface area (Å²) in [5, 5.41) is 11.5. The summed E-state index contributed by atoms with van der Waals surface area (Å²) >= 11 is 173. The van der Waals surface area contributed by atoms with E-state index >= 15 is 0 Å². The second-order valence-electron chi connectivity index (χ2n) is 9.87. The third kappa shape index (κ3) is 9.95. The topological polar surface area (TPSA) is 19.9 Å². The Labute approximate surface area is 422 Å². The molecule has 0 heterocycles. The molecule has 1 aromatic rings. The minimum absolute atomic E-state index is 0.00739. The van der Waals surface area contributed by atoms with E-state index in [0.717, 1.165) is 12.1 Å². The molecule has 0 aliphatic carbocycles. The van der Waals surface area contributed by atoms with E-state index < -0.39 is 73.7 Å². The van der Waals surface area contributed by atoms with Gasteiger partial charge in [0, 0.05) is 0 Å². The Hall–Kier alpha value is 7.01. The average molecular weight is 1250 g/mol. The molecule has 0 unspecified atom stereocenters. The van der Waals surface area contributed by atoms with E-state index in [1.807, 2.05) is 0 Å². The van der Waals surface area contributed by atoms with E-state index in [9.17, 15) is 5.11 Å². The van der Waals surface area contributed by atoms with Crippen molar-refractivity contribution in [1.82, 2.24) is 0 Å². The van der Waals surface area contributed by atoms with Crippen LogP contribution in [0.25, 0.3) is 0 Å². The van der Waals surface area contributed by atoms with Crippen LogP contribution in [0.15, 0.2) is 12.1 Å². The summed E-state index contributed by atoms with van der Waals surface area (Å²) in [4.78, 5) is 0. The van der Waals surface area contributed by atoms with E-state index in [0.29, 0.717) is 0 Å². The number of benzene rings is 1. The zero-order valence-electron chi connectivity index (χ0n) is 22.6. The number of alkyl halides is 27. The lowest BCUT2D eigenvalue weighted by molar-refractivity contribution is 0.187. The third-order valence-electron chi connectivity index (χ3n) is 6.54. The van der Waals surface area contributed by atoms with Crippen molar-refractivity contribution in [1.29, 1.82) is 0 Å². The Bertz CT molecular complexity index is 1290. The van der Waals surface area contributed by atoms with Crippen LogP contribution >= 0.6 is 313 Å². The van der Waals surface area contributed by atoms with Crippen molar-refractivity contribution in [3.8, 4) is 0 Å². The molecule has 0 N–H and O–H groups in total. The summed E-state index contributed by atoms with van der Waals surface area (Å²) in [6.07, 6.45) is -0.247. The average Bonchev–Trinajstić information content (AvgIpc) is 2.90. The van der Waals surface area contributed by atoms with Gasteiger partial charge in [-0.2, -0.15) is 0 Å². The van der Waals surface area contributed by atoms with E-state index in [2.05, 4.69) is 0 Å².